The van der Waals surface area contributed by atoms with Crippen LogP contribution in [0.2, 0.25) is 0 Å². The number of benzene rings is 3. The van der Waals surface area contributed by atoms with Crippen LogP contribution >= 0.6 is 0 Å². The van der Waals surface area contributed by atoms with E-state index in [-0.39, 0.29) is 11.4 Å². The predicted octanol–water partition coefficient (Wildman–Crippen LogP) is 4.79. The number of rotatable bonds is 6. The van der Waals surface area contributed by atoms with Crippen molar-refractivity contribution < 1.29 is 13.9 Å². The number of piperazine rings is 1. The highest BCUT2D eigenvalue weighted by Gasteiger charge is 2.18. The molecule has 1 heterocycles. The van der Waals surface area contributed by atoms with Crippen LogP contribution < -0.4 is 15.0 Å². The second-order valence-electron chi connectivity index (χ2n) is 7.55. The maximum Gasteiger partial charge on any atom is 0.267 e. The predicted molar refractivity (Wildman–Crippen MR) is 125 cm³/mol. The van der Waals surface area contributed by atoms with Gasteiger partial charge in [-0.3, -0.25) is 4.79 Å². The molecular formula is C26H23FN4O2. The Morgan fingerprint density at radius 3 is 2.18 bits per heavy atom. The maximum atomic E-state index is 13.1. The van der Waals surface area contributed by atoms with Crippen molar-refractivity contribution in [3.63, 3.8) is 0 Å². The number of amides is 1. The van der Waals surface area contributed by atoms with E-state index in [1.165, 1.54) is 12.1 Å². The number of carbonyl (C=O) groups is 1. The highest BCUT2D eigenvalue weighted by molar-refractivity contribution is 6.06. The summed E-state index contributed by atoms with van der Waals surface area (Å²) < 4.78 is 18.9. The smallest absolute Gasteiger partial charge is 0.267 e. The first kappa shape index (κ1) is 21.9. The van der Waals surface area contributed by atoms with Gasteiger partial charge in [-0.15, -0.1) is 0 Å². The quantitative estimate of drug-likeness (QED) is 0.439. The zero-order chi connectivity index (χ0) is 23.0. The number of nitriles is 1. The fourth-order valence-electron chi connectivity index (χ4n) is 3.51. The van der Waals surface area contributed by atoms with E-state index >= 15 is 0 Å². The second kappa shape index (κ2) is 10.3. The number of anilines is 2. The van der Waals surface area contributed by atoms with Gasteiger partial charge in [0.25, 0.3) is 5.91 Å². The first-order valence-corrected chi connectivity index (χ1v) is 10.6. The Labute approximate surface area is 192 Å². The molecule has 0 unspecified atom stereocenters. The van der Waals surface area contributed by atoms with Crippen molar-refractivity contribution in [2.24, 2.45) is 0 Å². The summed E-state index contributed by atoms with van der Waals surface area (Å²) in [6, 6.07) is 24.8. The molecule has 0 atom stereocenters. The highest BCUT2D eigenvalue weighted by Crippen LogP contribution is 2.23. The summed E-state index contributed by atoms with van der Waals surface area (Å²) in [6.07, 6.45) is 1.60. The Morgan fingerprint density at radius 2 is 1.55 bits per heavy atom. The van der Waals surface area contributed by atoms with E-state index in [4.69, 9.17) is 4.74 Å². The third kappa shape index (κ3) is 5.89. The molecule has 0 saturated carbocycles. The number of ether oxygens (including phenoxy) is 1. The van der Waals surface area contributed by atoms with E-state index in [0.29, 0.717) is 37.6 Å². The second-order valence-corrected chi connectivity index (χ2v) is 7.55. The molecule has 1 aliphatic rings. The summed E-state index contributed by atoms with van der Waals surface area (Å²) in [7, 11) is 0. The molecule has 166 valence electrons. The minimum atomic E-state index is -0.463. The van der Waals surface area contributed by atoms with E-state index < -0.39 is 5.91 Å². The Morgan fingerprint density at radius 1 is 0.909 bits per heavy atom. The van der Waals surface area contributed by atoms with Crippen LogP contribution in [0.1, 0.15) is 0 Å². The standard InChI is InChI=1S/C26H23FN4O2/c27-21-6-10-23(11-7-21)31-16-14-30(15-17-31)19-20(18-28)26(32)29-22-8-12-25(13-9-22)33-24-4-2-1-3-5-24/h1-13,19H,14-17H2,(H,29,32)/b20-19-. The zero-order valence-electron chi connectivity index (χ0n) is 17.9. The molecule has 4 rings (SSSR count). The lowest BCUT2D eigenvalue weighted by molar-refractivity contribution is -0.112. The molecule has 3 aromatic rings. The molecule has 1 fully saturated rings. The lowest BCUT2D eigenvalue weighted by atomic mass is 10.2. The maximum absolute atomic E-state index is 13.1. The summed E-state index contributed by atoms with van der Waals surface area (Å²) in [5, 5.41) is 12.3. The highest BCUT2D eigenvalue weighted by atomic mass is 19.1. The van der Waals surface area contributed by atoms with Crippen molar-refractivity contribution >= 4 is 17.3 Å². The van der Waals surface area contributed by atoms with E-state index in [1.54, 1.807) is 42.6 Å². The Hall–Kier alpha value is -4.31. The van der Waals surface area contributed by atoms with Gasteiger partial charge in [0.15, 0.2) is 0 Å². The minimum absolute atomic E-state index is 0.0369. The molecule has 33 heavy (non-hydrogen) atoms. The van der Waals surface area contributed by atoms with Gasteiger partial charge in [0.2, 0.25) is 0 Å². The number of halogens is 1. The first-order chi connectivity index (χ1) is 16.1. The topological polar surface area (TPSA) is 68.6 Å². The summed E-state index contributed by atoms with van der Waals surface area (Å²) in [6.45, 7) is 2.74. The molecule has 1 saturated heterocycles. The number of hydrogen-bond acceptors (Lipinski definition) is 5. The Bertz CT molecular complexity index is 1150. The van der Waals surface area contributed by atoms with Crippen molar-refractivity contribution in [1.82, 2.24) is 4.90 Å². The average molecular weight is 442 g/mol. The van der Waals surface area contributed by atoms with Gasteiger partial charge in [-0.2, -0.15) is 5.26 Å². The molecule has 1 aliphatic heterocycles. The van der Waals surface area contributed by atoms with E-state index in [9.17, 15) is 14.4 Å². The number of nitrogens with zero attached hydrogens (tertiary/aromatic N) is 3. The molecule has 1 amide bonds. The van der Waals surface area contributed by atoms with Crippen molar-refractivity contribution in [2.45, 2.75) is 0 Å². The van der Waals surface area contributed by atoms with Crippen LogP contribution in [0, 0.1) is 17.1 Å². The molecular weight excluding hydrogens is 419 g/mol. The van der Waals surface area contributed by atoms with Crippen LogP contribution in [0.4, 0.5) is 15.8 Å². The van der Waals surface area contributed by atoms with Crippen molar-refractivity contribution in [3.05, 3.63) is 96.5 Å². The van der Waals surface area contributed by atoms with Gasteiger partial charge in [0, 0.05) is 43.8 Å². The van der Waals surface area contributed by atoms with Gasteiger partial charge in [0.05, 0.1) is 0 Å². The zero-order valence-corrected chi connectivity index (χ0v) is 17.9. The summed E-state index contributed by atoms with van der Waals surface area (Å²) in [5.74, 6) is 0.649. The molecule has 0 spiro atoms. The minimum Gasteiger partial charge on any atom is -0.457 e. The van der Waals surface area contributed by atoms with Crippen LogP contribution in [0.25, 0.3) is 0 Å². The Kier molecular flexibility index (Phi) is 6.86. The summed E-state index contributed by atoms with van der Waals surface area (Å²) in [5.41, 5.74) is 1.57. The summed E-state index contributed by atoms with van der Waals surface area (Å²) >= 11 is 0. The van der Waals surface area contributed by atoms with Crippen molar-refractivity contribution in [1.29, 1.82) is 5.26 Å². The Balaban J connectivity index is 1.32. The summed E-state index contributed by atoms with van der Waals surface area (Å²) in [4.78, 5) is 16.7. The number of nitrogens with one attached hydrogen (secondary N) is 1. The molecule has 1 N–H and O–H groups in total. The monoisotopic (exact) mass is 442 g/mol. The largest absolute Gasteiger partial charge is 0.457 e. The molecule has 6 nitrogen and oxygen atoms in total. The number of para-hydroxylation sites is 1. The lowest BCUT2D eigenvalue weighted by Gasteiger charge is -2.35. The third-order valence-corrected chi connectivity index (χ3v) is 5.27. The van der Waals surface area contributed by atoms with E-state index in [0.717, 1.165) is 11.4 Å². The molecule has 0 bridgehead atoms. The number of carbonyl (C=O) groups excluding carboxylic acids is 1. The van der Waals surface area contributed by atoms with Crippen LogP contribution in [-0.2, 0) is 4.79 Å². The average Bonchev–Trinajstić information content (AvgIpc) is 2.85. The first-order valence-electron chi connectivity index (χ1n) is 10.6. The molecule has 0 radical (unpaired) electrons. The molecule has 7 heteroatoms. The van der Waals surface area contributed by atoms with Crippen molar-refractivity contribution in [3.8, 4) is 17.6 Å². The van der Waals surface area contributed by atoms with Crippen LogP contribution in [0.3, 0.4) is 0 Å². The molecule has 3 aromatic carbocycles. The van der Waals surface area contributed by atoms with Crippen LogP contribution in [0.15, 0.2) is 90.6 Å². The van der Waals surface area contributed by atoms with Gasteiger partial charge >= 0.3 is 0 Å². The normalized spacial score (nSPS) is 13.9. The fourth-order valence-corrected chi connectivity index (χ4v) is 3.51. The van der Waals surface area contributed by atoms with Crippen LogP contribution in [0.5, 0.6) is 11.5 Å². The van der Waals surface area contributed by atoms with Gasteiger partial charge in [0.1, 0.15) is 29.0 Å². The number of hydrogen-bond donors (Lipinski definition) is 1. The van der Waals surface area contributed by atoms with Crippen molar-refractivity contribution in [2.75, 3.05) is 36.4 Å². The van der Waals surface area contributed by atoms with Gasteiger partial charge in [-0.25, -0.2) is 4.39 Å². The third-order valence-electron chi connectivity index (χ3n) is 5.27. The molecule has 0 aromatic heterocycles. The van der Waals surface area contributed by atoms with E-state index in [1.807, 2.05) is 41.3 Å². The fraction of sp³-hybridized carbons (Fsp3) is 0.154. The van der Waals surface area contributed by atoms with E-state index in [2.05, 4.69) is 10.2 Å². The molecule has 0 aliphatic carbocycles. The van der Waals surface area contributed by atoms with Gasteiger partial charge in [-0.1, -0.05) is 18.2 Å². The van der Waals surface area contributed by atoms with Crippen LogP contribution in [-0.4, -0.2) is 37.0 Å². The van der Waals surface area contributed by atoms with Gasteiger partial charge < -0.3 is 19.9 Å². The SMILES string of the molecule is N#C/C(=C/N1CCN(c2ccc(F)cc2)CC1)C(=O)Nc1ccc(Oc2ccccc2)cc1. The lowest BCUT2D eigenvalue weighted by Crippen LogP contribution is -2.44. The van der Waals surface area contributed by atoms with Gasteiger partial charge in [-0.05, 0) is 60.7 Å².